The van der Waals surface area contributed by atoms with Crippen LogP contribution in [0.5, 0.6) is 5.75 Å². The number of nitrogens with zero attached hydrogens (tertiary/aromatic N) is 4. The molecule has 9 nitrogen and oxygen atoms in total. The molecule has 1 saturated heterocycles. The lowest BCUT2D eigenvalue weighted by Gasteiger charge is -2.45. The topological polar surface area (TPSA) is 98.6 Å². The molecule has 2 amide bonds. The Morgan fingerprint density at radius 3 is 2.36 bits per heavy atom. The summed E-state index contributed by atoms with van der Waals surface area (Å²) in [5.41, 5.74) is -0.772. The van der Waals surface area contributed by atoms with Crippen LogP contribution in [0.25, 0.3) is 10.9 Å². The summed E-state index contributed by atoms with van der Waals surface area (Å²) in [6.45, 7) is 7.04. The summed E-state index contributed by atoms with van der Waals surface area (Å²) in [6, 6.07) is 6.82. The molecule has 1 aliphatic carbocycles. The number of alkyl halides is 3. The van der Waals surface area contributed by atoms with E-state index >= 15 is 0 Å². The van der Waals surface area contributed by atoms with Crippen LogP contribution in [0.15, 0.2) is 36.5 Å². The molecule has 2 fully saturated rings. The fourth-order valence-electron chi connectivity index (χ4n) is 5.90. The molecular formula is C30H36F3N5O4. The van der Waals surface area contributed by atoms with Gasteiger partial charge in [0, 0.05) is 30.7 Å². The Labute approximate surface area is 242 Å². The van der Waals surface area contributed by atoms with Crippen molar-refractivity contribution < 1.29 is 32.2 Å². The van der Waals surface area contributed by atoms with Crippen molar-refractivity contribution in [2.45, 2.75) is 77.1 Å². The number of aromatic nitrogens is 3. The van der Waals surface area contributed by atoms with E-state index in [-0.39, 0.29) is 23.2 Å². The van der Waals surface area contributed by atoms with Crippen LogP contribution in [-0.2, 0) is 10.9 Å². The normalized spacial score (nSPS) is 17.8. The number of likely N-dealkylation sites (tertiary alicyclic amines) is 1. The van der Waals surface area contributed by atoms with Crippen LogP contribution in [0.2, 0.25) is 0 Å². The Morgan fingerprint density at radius 1 is 1.05 bits per heavy atom. The maximum Gasteiger partial charge on any atom is 0.433 e. The SMILES string of the molecule is COc1cc2nn(C3CCC4(CC3)CCN(C(=O)OC(C)(C)C)CC4)cc2cc1NC(=O)c1cccc(C(F)(F)F)n1. The van der Waals surface area contributed by atoms with Crippen LogP contribution in [0.3, 0.4) is 0 Å². The molecule has 0 bridgehead atoms. The summed E-state index contributed by atoms with van der Waals surface area (Å²) in [5, 5.41) is 8.19. The van der Waals surface area contributed by atoms with Crippen molar-refractivity contribution in [2.75, 3.05) is 25.5 Å². The lowest BCUT2D eigenvalue weighted by Crippen LogP contribution is -2.46. The van der Waals surface area contributed by atoms with Gasteiger partial charge in [0.25, 0.3) is 5.91 Å². The molecule has 0 unspecified atom stereocenters. The molecule has 2 aliphatic rings. The number of ether oxygens (including phenoxy) is 2. The molecule has 1 aromatic carbocycles. The zero-order chi connectivity index (χ0) is 30.3. The summed E-state index contributed by atoms with van der Waals surface area (Å²) >= 11 is 0. The van der Waals surface area contributed by atoms with Crippen molar-refractivity contribution in [1.82, 2.24) is 19.7 Å². The highest BCUT2D eigenvalue weighted by molar-refractivity contribution is 6.05. The van der Waals surface area contributed by atoms with Gasteiger partial charge in [0.05, 0.1) is 24.4 Å². The van der Waals surface area contributed by atoms with Gasteiger partial charge >= 0.3 is 12.3 Å². The third-order valence-corrected chi connectivity index (χ3v) is 8.23. The van der Waals surface area contributed by atoms with E-state index in [1.807, 2.05) is 36.5 Å². The van der Waals surface area contributed by atoms with E-state index in [1.165, 1.54) is 13.2 Å². The first kappa shape index (κ1) is 29.7. The van der Waals surface area contributed by atoms with E-state index < -0.39 is 23.4 Å². The highest BCUT2D eigenvalue weighted by Crippen LogP contribution is 2.48. The Kier molecular flexibility index (Phi) is 7.84. The molecule has 1 saturated carbocycles. The quantitative estimate of drug-likeness (QED) is 0.359. The third kappa shape index (κ3) is 6.47. The number of rotatable bonds is 4. The number of piperidine rings is 1. The van der Waals surface area contributed by atoms with Gasteiger partial charge in [0.2, 0.25) is 0 Å². The van der Waals surface area contributed by atoms with Gasteiger partial charge in [-0.2, -0.15) is 18.3 Å². The number of pyridine rings is 1. The van der Waals surface area contributed by atoms with Crippen molar-refractivity contribution in [1.29, 1.82) is 0 Å². The Balaban J connectivity index is 1.24. The number of amides is 2. The minimum Gasteiger partial charge on any atom is -0.494 e. The Morgan fingerprint density at radius 2 is 1.74 bits per heavy atom. The fourth-order valence-corrected chi connectivity index (χ4v) is 5.90. The molecule has 0 atom stereocenters. The fraction of sp³-hybridized carbons (Fsp3) is 0.533. The first-order valence-corrected chi connectivity index (χ1v) is 14.2. The molecule has 3 aromatic rings. The van der Waals surface area contributed by atoms with Crippen molar-refractivity contribution in [3.05, 3.63) is 47.9 Å². The summed E-state index contributed by atoms with van der Waals surface area (Å²) < 4.78 is 52.1. The summed E-state index contributed by atoms with van der Waals surface area (Å²) in [6.07, 6.45) is 2.96. The van der Waals surface area contributed by atoms with Gasteiger partial charge in [-0.05, 0) is 82.9 Å². The molecular weight excluding hydrogens is 551 g/mol. The van der Waals surface area contributed by atoms with Gasteiger partial charge in [0.1, 0.15) is 22.7 Å². The molecule has 2 aromatic heterocycles. The molecule has 1 aliphatic heterocycles. The highest BCUT2D eigenvalue weighted by Gasteiger charge is 2.40. The van der Waals surface area contributed by atoms with Crippen molar-refractivity contribution in [2.24, 2.45) is 5.41 Å². The summed E-state index contributed by atoms with van der Waals surface area (Å²) in [7, 11) is 1.45. The van der Waals surface area contributed by atoms with Crippen LogP contribution in [0.1, 0.15) is 81.5 Å². The first-order valence-electron chi connectivity index (χ1n) is 14.2. The second-order valence-corrected chi connectivity index (χ2v) is 12.3. The van der Waals surface area contributed by atoms with Gasteiger partial charge in [-0.1, -0.05) is 6.07 Å². The number of methoxy groups -OCH3 is 1. The number of halogens is 3. The number of hydrogen-bond acceptors (Lipinski definition) is 6. The third-order valence-electron chi connectivity index (χ3n) is 8.23. The maximum absolute atomic E-state index is 13.1. The summed E-state index contributed by atoms with van der Waals surface area (Å²) in [4.78, 5) is 30.5. The van der Waals surface area contributed by atoms with Gasteiger partial charge in [-0.15, -0.1) is 0 Å². The van der Waals surface area contributed by atoms with Gasteiger partial charge < -0.3 is 19.7 Å². The van der Waals surface area contributed by atoms with Crippen LogP contribution in [-0.4, -0.2) is 57.5 Å². The van der Waals surface area contributed by atoms with E-state index in [9.17, 15) is 22.8 Å². The molecule has 226 valence electrons. The zero-order valence-corrected chi connectivity index (χ0v) is 24.3. The van der Waals surface area contributed by atoms with Crippen molar-refractivity contribution in [3.8, 4) is 5.75 Å². The molecule has 1 spiro atoms. The zero-order valence-electron chi connectivity index (χ0n) is 24.3. The molecule has 12 heteroatoms. The van der Waals surface area contributed by atoms with Crippen LogP contribution >= 0.6 is 0 Å². The Bertz CT molecular complexity index is 1460. The monoisotopic (exact) mass is 587 g/mol. The average Bonchev–Trinajstić information content (AvgIpc) is 3.35. The number of carbonyl (C=O) groups excluding carboxylic acids is 2. The Hall–Kier alpha value is -3.83. The van der Waals surface area contributed by atoms with Crippen molar-refractivity contribution >= 4 is 28.6 Å². The molecule has 5 rings (SSSR count). The van der Waals surface area contributed by atoms with Crippen molar-refractivity contribution in [3.63, 3.8) is 0 Å². The van der Waals surface area contributed by atoms with E-state index in [4.69, 9.17) is 14.6 Å². The predicted molar refractivity (Wildman–Crippen MR) is 150 cm³/mol. The van der Waals surface area contributed by atoms with E-state index in [0.717, 1.165) is 56.0 Å². The lowest BCUT2D eigenvalue weighted by atomic mass is 9.67. The minimum absolute atomic E-state index is 0.213. The standard InChI is InChI=1S/C30H36F3N5O4/c1-28(2,3)42-27(40)37-14-12-29(13-15-37)10-8-20(9-11-29)38-18-19-16-23(24(41-4)17-22(19)36-38)35-26(39)21-6-5-7-25(34-21)30(31,32)33/h5-7,16-18,20H,8-15H2,1-4H3,(H,35,39). The number of fused-ring (bicyclic) bond motifs is 1. The molecule has 0 radical (unpaired) electrons. The predicted octanol–water partition coefficient (Wildman–Crippen LogP) is 6.84. The number of anilines is 1. The van der Waals surface area contributed by atoms with Gasteiger partial charge in [0.15, 0.2) is 0 Å². The minimum atomic E-state index is -4.66. The first-order chi connectivity index (χ1) is 19.7. The number of benzene rings is 1. The maximum atomic E-state index is 13.1. The van der Waals surface area contributed by atoms with Gasteiger partial charge in [-0.25, -0.2) is 9.78 Å². The number of hydrogen-bond donors (Lipinski definition) is 1. The lowest BCUT2D eigenvalue weighted by molar-refractivity contribution is -0.141. The van der Waals surface area contributed by atoms with Crippen LogP contribution in [0.4, 0.5) is 23.7 Å². The van der Waals surface area contributed by atoms with E-state index in [2.05, 4.69) is 10.3 Å². The largest absolute Gasteiger partial charge is 0.494 e. The van der Waals surface area contributed by atoms with E-state index in [1.54, 1.807) is 12.1 Å². The van der Waals surface area contributed by atoms with Crippen LogP contribution in [0, 0.1) is 5.41 Å². The summed E-state index contributed by atoms with van der Waals surface area (Å²) in [5.74, 6) is -0.436. The molecule has 3 heterocycles. The highest BCUT2D eigenvalue weighted by atomic mass is 19.4. The second-order valence-electron chi connectivity index (χ2n) is 12.3. The number of carbonyl (C=O) groups is 2. The smallest absolute Gasteiger partial charge is 0.433 e. The second kappa shape index (κ2) is 11.1. The molecule has 42 heavy (non-hydrogen) atoms. The van der Waals surface area contributed by atoms with Gasteiger partial charge in [-0.3, -0.25) is 9.48 Å². The molecule has 1 N–H and O–H groups in total. The van der Waals surface area contributed by atoms with Crippen LogP contribution < -0.4 is 10.1 Å². The van der Waals surface area contributed by atoms with E-state index in [0.29, 0.717) is 30.0 Å². The average molecular weight is 588 g/mol. The number of nitrogens with one attached hydrogen (secondary N) is 1.